The van der Waals surface area contributed by atoms with Gasteiger partial charge in [0.05, 0.1) is 12.7 Å². The summed E-state index contributed by atoms with van der Waals surface area (Å²) < 4.78 is 1.77. The van der Waals surface area contributed by atoms with Gasteiger partial charge in [0, 0.05) is 25.0 Å². The van der Waals surface area contributed by atoms with E-state index in [0.29, 0.717) is 6.54 Å². The highest BCUT2D eigenvalue weighted by atomic mass is 16.4. The Hall–Kier alpha value is -2.58. The standard InChI is InChI=1S/C11H17N5O4/c1-7(5-16-3-2-13-6-16)14-11(20)15-8(10(18)19)4-9(12)17/h2-3,6-8H,4-5H2,1H3,(H2,12,17)(H,18,19)(H2,14,15,20)/t7?,8-/m0/s1. The third-order valence-corrected chi connectivity index (χ3v) is 2.43. The highest BCUT2D eigenvalue weighted by molar-refractivity contribution is 5.87. The van der Waals surface area contributed by atoms with E-state index in [1.807, 2.05) is 0 Å². The summed E-state index contributed by atoms with van der Waals surface area (Å²) in [5.41, 5.74) is 4.91. The number of nitrogens with one attached hydrogen (secondary N) is 2. The highest BCUT2D eigenvalue weighted by Gasteiger charge is 2.22. The molecule has 3 amide bonds. The van der Waals surface area contributed by atoms with E-state index in [1.165, 1.54) is 0 Å². The number of nitrogens with zero attached hydrogens (tertiary/aromatic N) is 2. The minimum absolute atomic E-state index is 0.243. The van der Waals surface area contributed by atoms with E-state index in [9.17, 15) is 14.4 Å². The second kappa shape index (κ2) is 7.12. The van der Waals surface area contributed by atoms with Crippen molar-refractivity contribution >= 4 is 17.9 Å². The monoisotopic (exact) mass is 283 g/mol. The molecule has 0 saturated carbocycles. The topological polar surface area (TPSA) is 139 Å². The van der Waals surface area contributed by atoms with Gasteiger partial charge in [0.15, 0.2) is 0 Å². The summed E-state index contributed by atoms with van der Waals surface area (Å²) in [5.74, 6) is -2.12. The number of primary amides is 1. The average molecular weight is 283 g/mol. The predicted octanol–water partition coefficient (Wildman–Crippen LogP) is -1.10. The van der Waals surface area contributed by atoms with Crippen LogP contribution in [0.5, 0.6) is 0 Å². The van der Waals surface area contributed by atoms with Crippen LogP contribution in [0.15, 0.2) is 18.7 Å². The molecule has 110 valence electrons. The maximum atomic E-state index is 11.6. The van der Waals surface area contributed by atoms with Crippen molar-refractivity contribution < 1.29 is 19.5 Å². The lowest BCUT2D eigenvalue weighted by Crippen LogP contribution is -2.50. The van der Waals surface area contributed by atoms with Crippen molar-refractivity contribution in [3.63, 3.8) is 0 Å². The number of imidazole rings is 1. The van der Waals surface area contributed by atoms with E-state index < -0.39 is 30.4 Å². The summed E-state index contributed by atoms with van der Waals surface area (Å²) in [6, 6.07) is -2.26. The number of hydrogen-bond acceptors (Lipinski definition) is 4. The molecule has 1 unspecified atom stereocenters. The molecule has 9 nitrogen and oxygen atoms in total. The normalized spacial score (nSPS) is 13.2. The molecule has 0 aliphatic rings. The molecule has 0 bridgehead atoms. The molecule has 5 N–H and O–H groups in total. The number of carbonyl (C=O) groups excluding carboxylic acids is 2. The molecule has 1 aromatic heterocycles. The van der Waals surface area contributed by atoms with Crippen LogP contribution in [0, 0.1) is 0 Å². The second-order valence-electron chi connectivity index (χ2n) is 4.34. The Morgan fingerprint density at radius 1 is 1.40 bits per heavy atom. The fraction of sp³-hybridized carbons (Fsp3) is 0.455. The van der Waals surface area contributed by atoms with Crippen LogP contribution in [0.2, 0.25) is 0 Å². The van der Waals surface area contributed by atoms with Crippen molar-refractivity contribution in [1.29, 1.82) is 0 Å². The maximum Gasteiger partial charge on any atom is 0.326 e. The summed E-state index contributed by atoms with van der Waals surface area (Å²) in [6.45, 7) is 2.24. The van der Waals surface area contributed by atoms with E-state index in [4.69, 9.17) is 10.8 Å². The molecule has 0 fully saturated rings. The quantitative estimate of drug-likeness (QED) is 0.503. The van der Waals surface area contributed by atoms with Crippen LogP contribution in [0.3, 0.4) is 0 Å². The van der Waals surface area contributed by atoms with Gasteiger partial charge >= 0.3 is 12.0 Å². The Morgan fingerprint density at radius 3 is 2.60 bits per heavy atom. The summed E-state index contributed by atoms with van der Waals surface area (Å²) in [6.07, 6.45) is 4.49. The van der Waals surface area contributed by atoms with Crippen molar-refractivity contribution in [2.75, 3.05) is 0 Å². The van der Waals surface area contributed by atoms with Gasteiger partial charge < -0.3 is 26.0 Å². The molecule has 1 heterocycles. The molecule has 0 aliphatic heterocycles. The zero-order chi connectivity index (χ0) is 15.1. The third-order valence-electron chi connectivity index (χ3n) is 2.43. The van der Waals surface area contributed by atoms with Gasteiger partial charge in [-0.15, -0.1) is 0 Å². The number of carbonyl (C=O) groups is 3. The Kier molecular flexibility index (Phi) is 5.51. The fourth-order valence-corrected chi connectivity index (χ4v) is 1.58. The first-order valence-electron chi connectivity index (χ1n) is 5.92. The molecule has 0 saturated heterocycles. The zero-order valence-electron chi connectivity index (χ0n) is 10.9. The molecule has 0 spiro atoms. The Bertz CT molecular complexity index is 473. The van der Waals surface area contributed by atoms with E-state index in [1.54, 1.807) is 30.2 Å². The molecule has 20 heavy (non-hydrogen) atoms. The Morgan fingerprint density at radius 2 is 2.10 bits per heavy atom. The van der Waals surface area contributed by atoms with Gasteiger partial charge in [0.1, 0.15) is 6.04 Å². The van der Waals surface area contributed by atoms with Crippen LogP contribution in [-0.2, 0) is 16.1 Å². The second-order valence-corrected chi connectivity index (χ2v) is 4.34. The number of amides is 3. The summed E-state index contributed by atoms with van der Waals surface area (Å²) in [5, 5.41) is 13.6. The highest BCUT2D eigenvalue weighted by Crippen LogP contribution is 1.94. The van der Waals surface area contributed by atoms with Gasteiger partial charge in [0.2, 0.25) is 5.91 Å². The molecule has 2 atom stereocenters. The third kappa shape index (κ3) is 5.38. The number of hydrogen-bond donors (Lipinski definition) is 4. The van der Waals surface area contributed by atoms with Crippen LogP contribution in [-0.4, -0.2) is 44.6 Å². The number of carboxylic acids is 1. The lowest BCUT2D eigenvalue weighted by atomic mass is 10.2. The largest absolute Gasteiger partial charge is 0.480 e. The van der Waals surface area contributed by atoms with Gasteiger partial charge in [-0.2, -0.15) is 0 Å². The van der Waals surface area contributed by atoms with Crippen molar-refractivity contribution in [3.05, 3.63) is 18.7 Å². The maximum absolute atomic E-state index is 11.6. The molecule has 9 heteroatoms. The summed E-state index contributed by atoms with van der Waals surface area (Å²) in [7, 11) is 0. The van der Waals surface area contributed by atoms with E-state index in [-0.39, 0.29) is 6.04 Å². The van der Waals surface area contributed by atoms with Gasteiger partial charge in [-0.1, -0.05) is 0 Å². The number of carboxylic acid groups (broad SMARTS) is 1. The molecular weight excluding hydrogens is 266 g/mol. The van der Waals surface area contributed by atoms with E-state index >= 15 is 0 Å². The average Bonchev–Trinajstić information content (AvgIpc) is 2.79. The summed E-state index contributed by atoms with van der Waals surface area (Å²) >= 11 is 0. The lowest BCUT2D eigenvalue weighted by Gasteiger charge is -2.17. The smallest absolute Gasteiger partial charge is 0.326 e. The first kappa shape index (κ1) is 15.5. The van der Waals surface area contributed by atoms with E-state index in [0.717, 1.165) is 0 Å². The molecule has 1 rings (SSSR count). The Labute approximate surface area is 115 Å². The molecule has 0 aromatic carbocycles. The number of rotatable bonds is 7. The molecule has 1 aromatic rings. The minimum Gasteiger partial charge on any atom is -0.480 e. The number of aliphatic carboxylic acids is 1. The zero-order valence-corrected chi connectivity index (χ0v) is 10.9. The van der Waals surface area contributed by atoms with Gasteiger partial charge in [-0.05, 0) is 6.92 Å². The van der Waals surface area contributed by atoms with Gasteiger partial charge in [0.25, 0.3) is 0 Å². The SMILES string of the molecule is CC(Cn1ccnc1)NC(=O)N[C@@H](CC(N)=O)C(=O)O. The van der Waals surface area contributed by atoms with Crippen LogP contribution >= 0.6 is 0 Å². The van der Waals surface area contributed by atoms with Crippen molar-refractivity contribution in [2.24, 2.45) is 5.73 Å². The number of nitrogens with two attached hydrogens (primary N) is 1. The van der Waals surface area contributed by atoms with Crippen molar-refractivity contribution in [1.82, 2.24) is 20.2 Å². The van der Waals surface area contributed by atoms with Crippen LogP contribution in [0.4, 0.5) is 4.79 Å². The molecule has 0 radical (unpaired) electrons. The minimum atomic E-state index is -1.34. The first-order chi connectivity index (χ1) is 9.38. The molecule has 0 aliphatic carbocycles. The van der Waals surface area contributed by atoms with Crippen molar-refractivity contribution in [3.8, 4) is 0 Å². The van der Waals surface area contributed by atoms with Crippen LogP contribution < -0.4 is 16.4 Å². The predicted molar refractivity (Wildman–Crippen MR) is 68.6 cm³/mol. The van der Waals surface area contributed by atoms with Crippen molar-refractivity contribution in [2.45, 2.75) is 32.0 Å². The van der Waals surface area contributed by atoms with Gasteiger partial charge in [-0.25, -0.2) is 14.6 Å². The lowest BCUT2D eigenvalue weighted by molar-refractivity contribution is -0.140. The summed E-state index contributed by atoms with van der Waals surface area (Å²) in [4.78, 5) is 37.0. The van der Waals surface area contributed by atoms with Gasteiger partial charge in [-0.3, -0.25) is 4.79 Å². The van der Waals surface area contributed by atoms with Crippen LogP contribution in [0.1, 0.15) is 13.3 Å². The van der Waals surface area contributed by atoms with E-state index in [2.05, 4.69) is 15.6 Å². The number of aromatic nitrogens is 2. The Balaban J connectivity index is 2.44. The molecular formula is C11H17N5O4. The van der Waals surface area contributed by atoms with Crippen LogP contribution in [0.25, 0.3) is 0 Å². The first-order valence-corrected chi connectivity index (χ1v) is 5.92. The fourth-order valence-electron chi connectivity index (χ4n) is 1.58. The number of urea groups is 1.